The molecule has 2 aliphatic carbocycles. The number of nitrogens with zero attached hydrogens (tertiary/aromatic N) is 8. The van der Waals surface area contributed by atoms with Crippen LogP contribution < -0.4 is 45.2 Å². The normalized spacial score (nSPS) is 17.1. The average Bonchev–Trinajstić information content (AvgIpc) is 3.69. The van der Waals surface area contributed by atoms with Crippen molar-refractivity contribution < 1.29 is 82.6 Å². The second-order valence-corrected chi connectivity index (χ2v) is 17.2. The van der Waals surface area contributed by atoms with E-state index < -0.39 is 112 Å². The first-order chi connectivity index (χ1) is 29.0. The van der Waals surface area contributed by atoms with Crippen LogP contribution >= 0.6 is 11.6 Å². The van der Waals surface area contributed by atoms with Gasteiger partial charge in [0.2, 0.25) is 17.7 Å². The minimum Gasteiger partial charge on any atom is -0.477 e. The van der Waals surface area contributed by atoms with Crippen LogP contribution in [0.25, 0.3) is 32.3 Å². The number of amides is 1. The van der Waals surface area contributed by atoms with Gasteiger partial charge in [-0.2, -0.15) is 18.9 Å². The number of aryl methyl sites for hydroxylation is 1. The molecule has 63 heavy (non-hydrogen) atoms. The Bertz CT molecular complexity index is 2980. The third kappa shape index (κ3) is 8.98. The monoisotopic (exact) mass is 935 g/mol. The summed E-state index contributed by atoms with van der Waals surface area (Å²) < 4.78 is 152. The zero-order chi connectivity index (χ0) is 44.8. The molecule has 8 rings (SSSR count). The molecule has 1 saturated carbocycles. The number of fused-ring (bicyclic) bond motifs is 5. The molecular weight excluding hydrogens is 905 g/mol. The van der Waals surface area contributed by atoms with Crippen LogP contribution in [0.2, 0.25) is 5.02 Å². The number of benzene rings is 2. The first-order valence-electron chi connectivity index (χ1n) is 18.5. The third-order valence-electron chi connectivity index (χ3n) is 10.4. The molecule has 2 aliphatic rings. The molecule has 0 bridgehead atoms. The molecule has 1 fully saturated rings. The topological polar surface area (TPSA) is 170 Å². The van der Waals surface area contributed by atoms with Crippen LogP contribution in [-0.4, -0.2) is 67.2 Å². The van der Waals surface area contributed by atoms with Crippen LogP contribution in [-0.2, 0) is 40.8 Å². The van der Waals surface area contributed by atoms with E-state index in [0.29, 0.717) is 17.7 Å². The summed E-state index contributed by atoms with van der Waals surface area (Å²) in [5, 5.41) is 10.1. The summed E-state index contributed by atoms with van der Waals surface area (Å²) in [5.41, 5.74) is -3.62. The summed E-state index contributed by atoms with van der Waals surface area (Å²) in [6, 6.07) is 5.74. The Hall–Kier alpha value is -4.84. The van der Waals surface area contributed by atoms with Crippen LogP contribution in [0.15, 0.2) is 47.3 Å². The molecule has 0 saturated heterocycles. The number of hydrogen-bond acceptors (Lipinski definition) is 9. The zero-order valence-corrected chi connectivity index (χ0v) is 36.9. The van der Waals surface area contributed by atoms with E-state index in [4.69, 9.17) is 16.3 Å². The van der Waals surface area contributed by atoms with Crippen molar-refractivity contribution in [2.24, 2.45) is 13.0 Å². The maximum Gasteiger partial charge on any atom is 1.00 e. The molecule has 0 aliphatic heterocycles. The minimum atomic E-state index is -4.08. The molecular formula is C38H31ClF8N9NaO5S. The number of carbonyl (C=O) groups is 1. The summed E-state index contributed by atoms with van der Waals surface area (Å²) in [5.74, 6) is -13.1. The summed E-state index contributed by atoms with van der Waals surface area (Å²) in [7, 11) is -2.71. The molecule has 1 amide bonds. The van der Waals surface area contributed by atoms with Gasteiger partial charge >= 0.3 is 29.6 Å². The molecule has 14 nitrogen and oxygen atoms in total. The summed E-state index contributed by atoms with van der Waals surface area (Å²) >= 11 is 6.55. The van der Waals surface area contributed by atoms with E-state index in [2.05, 4.69) is 30.2 Å². The van der Waals surface area contributed by atoms with Crippen molar-refractivity contribution in [2.45, 2.75) is 63.0 Å². The van der Waals surface area contributed by atoms with E-state index in [-0.39, 0.29) is 91.4 Å². The number of halogens is 9. The largest absolute Gasteiger partial charge is 1.00 e. The van der Waals surface area contributed by atoms with E-state index in [9.17, 15) is 44.3 Å². The van der Waals surface area contributed by atoms with Crippen LogP contribution in [0.1, 0.15) is 66.5 Å². The second kappa shape index (κ2) is 16.6. The zero-order valence-electron chi connectivity index (χ0n) is 33.3. The fourth-order valence-electron chi connectivity index (χ4n) is 7.81. The number of alkyl halides is 6. The number of nitrogens with one attached hydrogen (secondary N) is 1. The van der Waals surface area contributed by atoms with Crippen molar-refractivity contribution in [3.63, 3.8) is 0 Å². The average molecular weight is 936 g/mol. The summed E-state index contributed by atoms with van der Waals surface area (Å²) in [6.07, 6.45) is -3.76. The number of hydrogen-bond donors (Lipinski definition) is 1. The van der Waals surface area contributed by atoms with Crippen molar-refractivity contribution in [3.8, 4) is 11.6 Å². The van der Waals surface area contributed by atoms with Gasteiger partial charge in [0.05, 0.1) is 29.2 Å². The first-order valence-corrected chi connectivity index (χ1v) is 20.8. The van der Waals surface area contributed by atoms with Crippen LogP contribution in [0.5, 0.6) is 5.88 Å². The Labute approximate surface area is 378 Å². The van der Waals surface area contributed by atoms with Crippen molar-refractivity contribution in [1.82, 2.24) is 39.4 Å². The molecule has 2 aromatic carbocycles. The molecule has 4 heterocycles. The first kappa shape index (κ1) is 46.2. The van der Waals surface area contributed by atoms with Gasteiger partial charge in [-0.1, -0.05) is 11.6 Å². The second-order valence-electron chi connectivity index (χ2n) is 15.1. The molecule has 1 N–H and O–H groups in total. The quantitative estimate of drug-likeness (QED) is 0.123. The molecule has 0 spiro atoms. The number of rotatable bonds is 14. The van der Waals surface area contributed by atoms with Crippen LogP contribution in [0, 0.1) is 17.6 Å². The minimum absolute atomic E-state index is 0. The van der Waals surface area contributed by atoms with Crippen molar-refractivity contribution in [2.75, 3.05) is 12.9 Å². The SMILES string of the molecule is Cn1nc([N-]S(C)(=O)=O)c2c(Cl)ccc(-n3c([C@H](Cc4cc(F)cc(F)c4)NC(=O)Cn4nc(C(F)F)c5c4C(F)(F)[C@@H]4C[C@H]54)nc4nc(OCCC(C)(F)F)ccc4c3=O)c21.[Na+]. The fourth-order valence-corrected chi connectivity index (χ4v) is 8.49. The maximum absolute atomic E-state index is 15.5. The standard InChI is InChI=1S/C38H32ClF8N9O5S.Na/c1-37(44,45)8-9-61-26-7-4-19-33(49-26)50-35(56(36(19)58)24-6-5-22(39)28-30(24)54(2)52-34(28)53-62(3,59)60)23(12-16-10-17(40)13-18(41)11-16)48-25(57)15-55-31-27(29(51-55)32(42)43)20-14-21(20)38(31,46)47;/h4-7,10-11,13,20-21,23,32H,8-9,12,14-15H2,1-3H3,(H2,48,52,53,57);/q;+1/p-1/t20-,21+,23-;/m0./s1. The Kier molecular flexibility index (Phi) is 12.2. The third-order valence-corrected chi connectivity index (χ3v) is 11.2. The number of aromatic nitrogens is 7. The van der Waals surface area contributed by atoms with Gasteiger partial charge in [0.25, 0.3) is 17.9 Å². The molecule has 3 atom stereocenters. The number of pyridine rings is 1. The van der Waals surface area contributed by atoms with Gasteiger partial charge in [0.15, 0.2) is 15.7 Å². The van der Waals surface area contributed by atoms with Gasteiger partial charge in [0, 0.05) is 60.2 Å². The fraction of sp³-hybridized carbons (Fsp3) is 0.368. The van der Waals surface area contributed by atoms with Gasteiger partial charge in [-0.05, 0) is 61.0 Å². The van der Waals surface area contributed by atoms with Gasteiger partial charge in [-0.15, -0.1) is 0 Å². The Morgan fingerprint density at radius 1 is 1.10 bits per heavy atom. The number of ether oxygens (including phenoxy) is 1. The van der Waals surface area contributed by atoms with Gasteiger partial charge < -0.3 is 24.6 Å². The Morgan fingerprint density at radius 2 is 1.79 bits per heavy atom. The van der Waals surface area contributed by atoms with E-state index in [0.717, 1.165) is 27.6 Å². The molecule has 0 unspecified atom stereocenters. The Morgan fingerprint density at radius 3 is 2.44 bits per heavy atom. The number of carbonyl (C=O) groups excluding carboxylic acids is 1. The van der Waals surface area contributed by atoms with Gasteiger partial charge in [-0.25, -0.2) is 39.7 Å². The molecule has 0 radical (unpaired) electrons. The molecule has 6 aromatic rings. The molecule has 4 aromatic heterocycles. The van der Waals surface area contributed by atoms with E-state index in [1.807, 2.05) is 0 Å². The van der Waals surface area contributed by atoms with Crippen molar-refractivity contribution in [1.29, 1.82) is 0 Å². The summed E-state index contributed by atoms with van der Waals surface area (Å²) in [4.78, 5) is 37.6. The van der Waals surface area contributed by atoms with Crippen molar-refractivity contribution in [3.05, 3.63) is 103 Å². The molecule has 25 heteroatoms. The summed E-state index contributed by atoms with van der Waals surface area (Å²) in [6.45, 7) is -0.888. The smallest absolute Gasteiger partial charge is 0.477 e. The number of sulfonamides is 1. The van der Waals surface area contributed by atoms with Gasteiger partial charge in [-0.3, -0.25) is 18.8 Å². The Balaban J connectivity index is 0.00000595. The van der Waals surface area contributed by atoms with E-state index >= 15 is 8.78 Å². The van der Waals surface area contributed by atoms with Crippen molar-refractivity contribution >= 4 is 55.3 Å². The maximum atomic E-state index is 15.5. The molecule has 328 valence electrons. The van der Waals surface area contributed by atoms with Crippen LogP contribution in [0.4, 0.5) is 40.9 Å². The predicted molar refractivity (Wildman–Crippen MR) is 206 cm³/mol. The van der Waals surface area contributed by atoms with E-state index in [1.165, 1.54) is 31.3 Å². The predicted octanol–water partition coefficient (Wildman–Crippen LogP) is 4.44. The van der Waals surface area contributed by atoms with Gasteiger partial charge in [0.1, 0.15) is 35.4 Å². The van der Waals surface area contributed by atoms with E-state index in [1.54, 1.807) is 0 Å². The van der Waals surface area contributed by atoms with Crippen LogP contribution in [0.3, 0.4) is 0 Å².